The number of fused-ring (bicyclic) bond motifs is 3. The Balaban J connectivity index is 1.39. The molecule has 0 heterocycles. The number of carboxylic acid groups (broad SMARTS) is 1. The molecule has 1 saturated carbocycles. The first-order chi connectivity index (χ1) is 16.9. The first-order valence-electron chi connectivity index (χ1n) is 12.1. The van der Waals surface area contributed by atoms with Crippen LogP contribution >= 0.6 is 0 Å². The predicted octanol–water partition coefficient (Wildman–Crippen LogP) is 3.69. The van der Waals surface area contributed by atoms with E-state index in [1.54, 1.807) is 6.92 Å². The van der Waals surface area contributed by atoms with Gasteiger partial charge in [-0.05, 0) is 48.4 Å². The van der Waals surface area contributed by atoms with Gasteiger partial charge in [-0.1, -0.05) is 55.0 Å². The first kappa shape index (κ1) is 24.7. The van der Waals surface area contributed by atoms with Crippen LogP contribution in [-0.2, 0) is 19.1 Å². The lowest BCUT2D eigenvalue weighted by atomic mass is 9.85. The number of carbonyl (C=O) groups excluding carboxylic acids is 2. The Labute approximate surface area is 205 Å². The van der Waals surface area contributed by atoms with Gasteiger partial charge in [0.05, 0.1) is 12.0 Å². The third kappa shape index (κ3) is 5.48. The van der Waals surface area contributed by atoms with Gasteiger partial charge in [0.1, 0.15) is 12.6 Å². The van der Waals surface area contributed by atoms with Crippen LogP contribution in [0, 0.1) is 5.92 Å². The second-order valence-electron chi connectivity index (χ2n) is 9.30. The van der Waals surface area contributed by atoms with E-state index in [4.69, 9.17) is 9.47 Å². The molecule has 2 aromatic carbocycles. The number of ether oxygens (including phenoxy) is 2. The van der Waals surface area contributed by atoms with Crippen LogP contribution in [0.2, 0.25) is 0 Å². The SMILES string of the molecule is CO[C@H](C)[C@H](NC(=O)OCC1c2ccccc2-c2ccccc21)C(=O)N[C@@H]1CCC[C@@H](C(=O)O)C1. The topological polar surface area (TPSA) is 114 Å². The molecule has 3 N–H and O–H groups in total. The number of carbonyl (C=O) groups is 3. The summed E-state index contributed by atoms with van der Waals surface area (Å²) >= 11 is 0. The molecule has 0 spiro atoms. The Kier molecular flexibility index (Phi) is 7.70. The van der Waals surface area contributed by atoms with E-state index in [0.717, 1.165) is 28.7 Å². The Morgan fingerprint density at radius 1 is 1.03 bits per heavy atom. The lowest BCUT2D eigenvalue weighted by Gasteiger charge is -2.30. The van der Waals surface area contributed by atoms with Crippen LogP contribution in [-0.4, -0.2) is 55.0 Å². The summed E-state index contributed by atoms with van der Waals surface area (Å²) in [5, 5.41) is 14.9. The largest absolute Gasteiger partial charge is 0.481 e. The average Bonchev–Trinajstić information content (AvgIpc) is 3.19. The molecule has 4 rings (SSSR count). The molecule has 0 unspecified atom stereocenters. The number of methoxy groups -OCH3 is 1. The van der Waals surface area contributed by atoms with Gasteiger partial charge in [0, 0.05) is 19.1 Å². The van der Waals surface area contributed by atoms with Crippen LogP contribution in [0.25, 0.3) is 11.1 Å². The summed E-state index contributed by atoms with van der Waals surface area (Å²) in [6.45, 7) is 1.83. The molecule has 8 heteroatoms. The summed E-state index contributed by atoms with van der Waals surface area (Å²) in [7, 11) is 1.46. The van der Waals surface area contributed by atoms with Crippen molar-refractivity contribution >= 4 is 18.0 Å². The van der Waals surface area contributed by atoms with Crippen molar-refractivity contribution in [3.05, 3.63) is 59.7 Å². The third-order valence-corrected chi connectivity index (χ3v) is 7.11. The molecule has 186 valence electrons. The summed E-state index contributed by atoms with van der Waals surface area (Å²) in [6.07, 6.45) is 1.11. The molecule has 4 atom stereocenters. The minimum absolute atomic E-state index is 0.0875. The lowest BCUT2D eigenvalue weighted by Crippen LogP contribution is -2.55. The number of benzene rings is 2. The third-order valence-electron chi connectivity index (χ3n) is 7.11. The van der Waals surface area contributed by atoms with Crippen molar-refractivity contribution in [1.82, 2.24) is 10.6 Å². The summed E-state index contributed by atoms with van der Waals surface area (Å²) in [6, 6.07) is 14.9. The van der Waals surface area contributed by atoms with Crippen molar-refractivity contribution in [3.8, 4) is 11.1 Å². The van der Waals surface area contributed by atoms with Gasteiger partial charge in [-0.3, -0.25) is 9.59 Å². The number of alkyl carbamates (subject to hydrolysis) is 1. The van der Waals surface area contributed by atoms with Gasteiger partial charge in [-0.15, -0.1) is 0 Å². The number of hydrogen-bond donors (Lipinski definition) is 3. The summed E-state index contributed by atoms with van der Waals surface area (Å²) in [4.78, 5) is 37.1. The van der Waals surface area contributed by atoms with E-state index in [1.807, 2.05) is 36.4 Å². The van der Waals surface area contributed by atoms with Gasteiger partial charge in [-0.25, -0.2) is 4.79 Å². The van der Waals surface area contributed by atoms with E-state index in [9.17, 15) is 19.5 Å². The van der Waals surface area contributed by atoms with Gasteiger partial charge in [-0.2, -0.15) is 0 Å². The fraction of sp³-hybridized carbons (Fsp3) is 0.444. The van der Waals surface area contributed by atoms with Crippen molar-refractivity contribution in [2.45, 2.75) is 56.7 Å². The number of nitrogens with one attached hydrogen (secondary N) is 2. The molecule has 0 bridgehead atoms. The Bertz CT molecular complexity index is 1040. The molecule has 0 saturated heterocycles. The quantitative estimate of drug-likeness (QED) is 0.531. The monoisotopic (exact) mass is 480 g/mol. The molecule has 2 aromatic rings. The highest BCUT2D eigenvalue weighted by atomic mass is 16.5. The first-order valence-corrected chi connectivity index (χ1v) is 12.1. The highest BCUT2D eigenvalue weighted by Crippen LogP contribution is 2.44. The zero-order chi connectivity index (χ0) is 24.9. The van der Waals surface area contributed by atoms with Crippen molar-refractivity contribution in [2.75, 3.05) is 13.7 Å². The summed E-state index contributed by atoms with van der Waals surface area (Å²) < 4.78 is 10.9. The second kappa shape index (κ2) is 10.9. The van der Waals surface area contributed by atoms with Crippen LogP contribution in [0.4, 0.5) is 4.79 Å². The molecule has 0 aliphatic heterocycles. The molecule has 0 aromatic heterocycles. The zero-order valence-corrected chi connectivity index (χ0v) is 20.0. The number of aliphatic carboxylic acids is 1. The van der Waals surface area contributed by atoms with Crippen molar-refractivity contribution < 1.29 is 29.0 Å². The van der Waals surface area contributed by atoms with E-state index < -0.39 is 36.0 Å². The molecule has 35 heavy (non-hydrogen) atoms. The van der Waals surface area contributed by atoms with Crippen LogP contribution in [0.5, 0.6) is 0 Å². The van der Waals surface area contributed by atoms with Gasteiger partial charge >= 0.3 is 12.1 Å². The van der Waals surface area contributed by atoms with Crippen LogP contribution in [0.1, 0.15) is 49.7 Å². The molecule has 1 fully saturated rings. The summed E-state index contributed by atoms with van der Waals surface area (Å²) in [5.41, 5.74) is 4.47. The summed E-state index contributed by atoms with van der Waals surface area (Å²) in [5.74, 6) is -1.82. The Morgan fingerprint density at radius 2 is 1.66 bits per heavy atom. The Hall–Kier alpha value is -3.39. The van der Waals surface area contributed by atoms with E-state index in [2.05, 4.69) is 22.8 Å². The molecule has 2 amide bonds. The number of amides is 2. The number of carboxylic acids is 1. The van der Waals surface area contributed by atoms with Crippen LogP contribution in [0.15, 0.2) is 48.5 Å². The minimum atomic E-state index is -0.971. The predicted molar refractivity (Wildman–Crippen MR) is 130 cm³/mol. The van der Waals surface area contributed by atoms with Crippen molar-refractivity contribution in [2.24, 2.45) is 5.92 Å². The zero-order valence-electron chi connectivity index (χ0n) is 20.0. The number of rotatable bonds is 8. The van der Waals surface area contributed by atoms with Crippen molar-refractivity contribution in [1.29, 1.82) is 0 Å². The van der Waals surface area contributed by atoms with Crippen LogP contribution in [0.3, 0.4) is 0 Å². The smallest absolute Gasteiger partial charge is 0.407 e. The maximum Gasteiger partial charge on any atom is 0.407 e. The molecule has 2 aliphatic carbocycles. The average molecular weight is 481 g/mol. The van der Waals surface area contributed by atoms with Gasteiger partial charge < -0.3 is 25.2 Å². The molecular weight excluding hydrogens is 448 g/mol. The molecule has 8 nitrogen and oxygen atoms in total. The highest BCUT2D eigenvalue weighted by molar-refractivity contribution is 5.86. The van der Waals surface area contributed by atoms with E-state index in [1.165, 1.54) is 7.11 Å². The molecule has 0 radical (unpaired) electrons. The number of hydrogen-bond acceptors (Lipinski definition) is 5. The minimum Gasteiger partial charge on any atom is -0.481 e. The maximum absolute atomic E-state index is 13.0. The molecular formula is C27H32N2O6. The fourth-order valence-electron chi connectivity index (χ4n) is 5.14. The van der Waals surface area contributed by atoms with E-state index >= 15 is 0 Å². The highest BCUT2D eigenvalue weighted by Gasteiger charge is 2.34. The standard InChI is InChI=1S/C27H32N2O6/c1-16(34-2)24(25(30)28-18-9-7-8-17(14-18)26(31)32)29-27(33)35-15-23-21-12-5-3-10-19(21)20-11-4-6-13-22(20)23/h3-6,10-13,16-18,23-24H,7-9,14-15H2,1-2H3,(H,28,30)(H,29,33)(H,31,32)/t16-,17-,18-,24+/m1/s1. The van der Waals surface area contributed by atoms with Gasteiger partial charge in [0.25, 0.3) is 0 Å². The second-order valence-corrected chi connectivity index (χ2v) is 9.30. The fourth-order valence-corrected chi connectivity index (χ4v) is 5.14. The Morgan fingerprint density at radius 3 is 2.26 bits per heavy atom. The van der Waals surface area contributed by atoms with Crippen LogP contribution < -0.4 is 10.6 Å². The maximum atomic E-state index is 13.0. The lowest BCUT2D eigenvalue weighted by molar-refractivity contribution is -0.143. The van der Waals surface area contributed by atoms with Gasteiger partial charge in [0.15, 0.2) is 0 Å². The van der Waals surface area contributed by atoms with E-state index in [0.29, 0.717) is 19.3 Å². The molecule has 2 aliphatic rings. The van der Waals surface area contributed by atoms with E-state index in [-0.39, 0.29) is 18.6 Å². The normalized spacial score (nSPS) is 20.7. The van der Waals surface area contributed by atoms with Crippen molar-refractivity contribution in [3.63, 3.8) is 0 Å². The van der Waals surface area contributed by atoms with Gasteiger partial charge in [0.2, 0.25) is 5.91 Å².